The summed E-state index contributed by atoms with van der Waals surface area (Å²) in [4.78, 5) is 21.2. The molecule has 0 unspecified atom stereocenters. The van der Waals surface area contributed by atoms with Gasteiger partial charge in [-0.3, -0.25) is 14.2 Å². The molecule has 0 aliphatic carbocycles. The van der Waals surface area contributed by atoms with Gasteiger partial charge in [0.25, 0.3) is 0 Å². The fourth-order valence-corrected chi connectivity index (χ4v) is 2.50. The zero-order valence-electron chi connectivity index (χ0n) is 10.1. The Morgan fingerprint density at radius 1 is 1.37 bits per heavy atom. The summed E-state index contributed by atoms with van der Waals surface area (Å²) in [5.74, 6) is -0.0450. The van der Waals surface area contributed by atoms with E-state index in [0.717, 1.165) is 16.3 Å². The molecule has 3 heterocycles. The van der Waals surface area contributed by atoms with Crippen molar-refractivity contribution in [3.63, 3.8) is 0 Å². The van der Waals surface area contributed by atoms with E-state index in [1.165, 1.54) is 0 Å². The number of thiazole rings is 1. The summed E-state index contributed by atoms with van der Waals surface area (Å²) in [5.41, 5.74) is 1.63. The van der Waals surface area contributed by atoms with Crippen molar-refractivity contribution in [2.45, 2.75) is 13.0 Å². The molecular formula is C13H12N4OS. The van der Waals surface area contributed by atoms with E-state index < -0.39 is 0 Å². The van der Waals surface area contributed by atoms with Gasteiger partial charge in [-0.25, -0.2) is 4.98 Å². The number of pyridine rings is 1. The van der Waals surface area contributed by atoms with Gasteiger partial charge in [0.05, 0.1) is 24.4 Å². The molecule has 19 heavy (non-hydrogen) atoms. The largest absolute Gasteiger partial charge is 0.350 e. The van der Waals surface area contributed by atoms with Gasteiger partial charge in [0.1, 0.15) is 0 Å². The summed E-state index contributed by atoms with van der Waals surface area (Å²) in [7, 11) is 0. The Balaban J connectivity index is 1.58. The highest BCUT2D eigenvalue weighted by Gasteiger charge is 2.08. The molecule has 0 spiro atoms. The standard InChI is InChI=1S/C13H12N4OS/c18-12(15-8-10-3-1-2-4-14-10)7-11-9-17-5-6-19-13(17)16-11/h1-6,9H,7-8H2,(H,15,18). The minimum Gasteiger partial charge on any atom is -0.350 e. The zero-order chi connectivity index (χ0) is 13.1. The van der Waals surface area contributed by atoms with Gasteiger partial charge < -0.3 is 5.32 Å². The quantitative estimate of drug-likeness (QED) is 0.785. The maximum atomic E-state index is 11.8. The molecule has 0 aliphatic rings. The van der Waals surface area contributed by atoms with Crippen LogP contribution in [0, 0.1) is 0 Å². The summed E-state index contributed by atoms with van der Waals surface area (Å²) >= 11 is 1.56. The van der Waals surface area contributed by atoms with Crippen molar-refractivity contribution in [1.29, 1.82) is 0 Å². The lowest BCUT2D eigenvalue weighted by atomic mass is 10.3. The molecule has 1 N–H and O–H groups in total. The van der Waals surface area contributed by atoms with Crippen molar-refractivity contribution < 1.29 is 4.79 Å². The molecule has 0 bridgehead atoms. The Bertz CT molecular complexity index is 660. The molecule has 3 aromatic heterocycles. The van der Waals surface area contributed by atoms with Crippen LogP contribution in [0.5, 0.6) is 0 Å². The molecule has 1 amide bonds. The first-order chi connectivity index (χ1) is 9.31. The highest BCUT2D eigenvalue weighted by Crippen LogP contribution is 2.11. The molecule has 0 saturated carbocycles. The maximum Gasteiger partial charge on any atom is 0.226 e. The van der Waals surface area contributed by atoms with Gasteiger partial charge in [0.15, 0.2) is 4.96 Å². The molecule has 0 atom stereocenters. The predicted molar refractivity (Wildman–Crippen MR) is 72.9 cm³/mol. The molecule has 0 radical (unpaired) electrons. The van der Waals surface area contributed by atoms with Crippen molar-refractivity contribution in [3.05, 3.63) is 53.6 Å². The number of fused-ring (bicyclic) bond motifs is 1. The number of nitrogens with zero attached hydrogens (tertiary/aromatic N) is 3. The van der Waals surface area contributed by atoms with E-state index in [4.69, 9.17) is 0 Å². The lowest BCUT2D eigenvalue weighted by molar-refractivity contribution is -0.120. The highest BCUT2D eigenvalue weighted by molar-refractivity contribution is 7.15. The number of hydrogen-bond donors (Lipinski definition) is 1. The van der Waals surface area contributed by atoms with Crippen LogP contribution in [0.1, 0.15) is 11.4 Å². The van der Waals surface area contributed by atoms with Crippen LogP contribution in [0.15, 0.2) is 42.2 Å². The van der Waals surface area contributed by atoms with Crippen molar-refractivity contribution in [2.75, 3.05) is 0 Å². The van der Waals surface area contributed by atoms with E-state index in [0.29, 0.717) is 13.0 Å². The molecule has 96 valence electrons. The summed E-state index contributed by atoms with van der Waals surface area (Å²) in [6, 6.07) is 5.63. The van der Waals surface area contributed by atoms with Crippen LogP contribution in [-0.2, 0) is 17.8 Å². The molecule has 3 rings (SSSR count). The van der Waals surface area contributed by atoms with Gasteiger partial charge >= 0.3 is 0 Å². The minimum absolute atomic E-state index is 0.0450. The number of carbonyl (C=O) groups is 1. The van der Waals surface area contributed by atoms with E-state index in [1.807, 2.05) is 40.4 Å². The van der Waals surface area contributed by atoms with Gasteiger partial charge in [-0.1, -0.05) is 6.07 Å². The monoisotopic (exact) mass is 272 g/mol. The second kappa shape index (κ2) is 5.19. The predicted octanol–water partition coefficient (Wildman–Crippen LogP) is 1.65. The number of aromatic nitrogens is 3. The fraction of sp³-hybridized carbons (Fsp3) is 0.154. The van der Waals surface area contributed by atoms with Crippen LogP contribution >= 0.6 is 11.3 Å². The third-order valence-corrected chi connectivity index (χ3v) is 3.45. The van der Waals surface area contributed by atoms with Crippen LogP contribution in [-0.4, -0.2) is 20.3 Å². The van der Waals surface area contributed by atoms with Gasteiger partial charge in [0.2, 0.25) is 5.91 Å². The summed E-state index contributed by atoms with van der Waals surface area (Å²) < 4.78 is 1.92. The number of nitrogens with one attached hydrogen (secondary N) is 1. The topological polar surface area (TPSA) is 59.3 Å². The third kappa shape index (κ3) is 2.79. The lowest BCUT2D eigenvalue weighted by Crippen LogP contribution is -2.25. The third-order valence-electron chi connectivity index (χ3n) is 2.68. The van der Waals surface area contributed by atoms with Gasteiger partial charge in [-0.2, -0.15) is 0 Å². The van der Waals surface area contributed by atoms with Crippen LogP contribution in [0.2, 0.25) is 0 Å². The second-order valence-corrected chi connectivity index (χ2v) is 4.97. The normalized spacial score (nSPS) is 10.7. The Hall–Kier alpha value is -2.21. The SMILES string of the molecule is O=C(Cc1cn2ccsc2n1)NCc1ccccn1. The molecular weight excluding hydrogens is 260 g/mol. The van der Waals surface area contributed by atoms with E-state index in [-0.39, 0.29) is 5.91 Å². The van der Waals surface area contributed by atoms with Crippen LogP contribution in [0.25, 0.3) is 4.96 Å². The number of amides is 1. The number of rotatable bonds is 4. The number of imidazole rings is 1. The van der Waals surface area contributed by atoms with Crippen LogP contribution < -0.4 is 5.32 Å². The zero-order valence-corrected chi connectivity index (χ0v) is 10.9. The van der Waals surface area contributed by atoms with Gasteiger partial charge in [-0.05, 0) is 12.1 Å². The van der Waals surface area contributed by atoms with Gasteiger partial charge in [0, 0.05) is 24.0 Å². The number of hydrogen-bond acceptors (Lipinski definition) is 4. The average Bonchev–Trinajstić information content (AvgIpc) is 2.98. The van der Waals surface area contributed by atoms with Gasteiger partial charge in [-0.15, -0.1) is 11.3 Å². The van der Waals surface area contributed by atoms with Crippen molar-refractivity contribution in [2.24, 2.45) is 0 Å². The second-order valence-electron chi connectivity index (χ2n) is 4.10. The molecule has 6 heteroatoms. The Labute approximate surface area is 113 Å². The summed E-state index contributed by atoms with van der Waals surface area (Å²) in [5, 5.41) is 4.80. The van der Waals surface area contributed by atoms with Crippen LogP contribution in [0.3, 0.4) is 0 Å². The first-order valence-electron chi connectivity index (χ1n) is 5.89. The smallest absolute Gasteiger partial charge is 0.226 e. The van der Waals surface area contributed by atoms with Crippen molar-refractivity contribution in [3.8, 4) is 0 Å². The Morgan fingerprint density at radius 3 is 3.11 bits per heavy atom. The molecule has 3 aromatic rings. The fourth-order valence-electron chi connectivity index (χ4n) is 1.78. The first-order valence-corrected chi connectivity index (χ1v) is 6.77. The Kier molecular flexibility index (Phi) is 3.24. The Morgan fingerprint density at radius 2 is 2.32 bits per heavy atom. The van der Waals surface area contributed by atoms with E-state index in [9.17, 15) is 4.79 Å². The van der Waals surface area contributed by atoms with Crippen molar-refractivity contribution >= 4 is 22.2 Å². The van der Waals surface area contributed by atoms with Crippen molar-refractivity contribution in [1.82, 2.24) is 19.7 Å². The van der Waals surface area contributed by atoms with E-state index >= 15 is 0 Å². The molecule has 0 aliphatic heterocycles. The highest BCUT2D eigenvalue weighted by atomic mass is 32.1. The molecule has 0 fully saturated rings. The minimum atomic E-state index is -0.0450. The molecule has 5 nitrogen and oxygen atoms in total. The van der Waals surface area contributed by atoms with E-state index in [2.05, 4.69) is 15.3 Å². The van der Waals surface area contributed by atoms with Crippen LogP contribution in [0.4, 0.5) is 0 Å². The average molecular weight is 272 g/mol. The molecule has 0 saturated heterocycles. The van der Waals surface area contributed by atoms with E-state index in [1.54, 1.807) is 17.5 Å². The summed E-state index contributed by atoms with van der Waals surface area (Å²) in [6.45, 7) is 0.446. The molecule has 0 aromatic carbocycles. The lowest BCUT2D eigenvalue weighted by Gasteiger charge is -2.02. The first kappa shape index (κ1) is 11.9. The maximum absolute atomic E-state index is 11.8. The summed E-state index contributed by atoms with van der Waals surface area (Å²) in [6.07, 6.45) is 5.82. The number of carbonyl (C=O) groups excluding carboxylic acids is 1.